The number of nitrogens with one attached hydrogen (secondary N) is 2. The van der Waals surface area contributed by atoms with Crippen molar-refractivity contribution in [3.8, 4) is 11.5 Å². The zero-order chi connectivity index (χ0) is 22.4. The second-order valence-corrected chi connectivity index (χ2v) is 7.65. The SMILES string of the molecule is COc1ccc(C(=O)Nc2ccc(C(C)(C)CNC(=O)c3ccco3)cc2)cc1OC. The summed E-state index contributed by atoms with van der Waals surface area (Å²) >= 11 is 0. The highest BCUT2D eigenvalue weighted by Gasteiger charge is 2.22. The molecule has 3 aromatic rings. The van der Waals surface area contributed by atoms with Gasteiger partial charge in [0, 0.05) is 23.2 Å². The van der Waals surface area contributed by atoms with Crippen LogP contribution in [0.4, 0.5) is 5.69 Å². The molecule has 0 bridgehead atoms. The van der Waals surface area contributed by atoms with Gasteiger partial charge >= 0.3 is 0 Å². The van der Waals surface area contributed by atoms with Crippen molar-refractivity contribution in [1.82, 2.24) is 5.32 Å². The number of carbonyl (C=O) groups is 2. The molecule has 0 aliphatic heterocycles. The number of hydrogen-bond acceptors (Lipinski definition) is 5. The summed E-state index contributed by atoms with van der Waals surface area (Å²) in [4.78, 5) is 24.7. The number of furan rings is 1. The first-order valence-corrected chi connectivity index (χ1v) is 9.79. The highest BCUT2D eigenvalue weighted by Crippen LogP contribution is 2.28. The summed E-state index contributed by atoms with van der Waals surface area (Å²) < 4.78 is 15.6. The van der Waals surface area contributed by atoms with Gasteiger partial charge in [0.05, 0.1) is 20.5 Å². The van der Waals surface area contributed by atoms with Crippen LogP contribution in [0.1, 0.15) is 40.3 Å². The normalized spacial score (nSPS) is 11.0. The Morgan fingerprint density at radius 3 is 2.26 bits per heavy atom. The summed E-state index contributed by atoms with van der Waals surface area (Å²) in [6, 6.07) is 15.8. The van der Waals surface area contributed by atoms with Gasteiger partial charge in [0.1, 0.15) is 0 Å². The van der Waals surface area contributed by atoms with E-state index >= 15 is 0 Å². The predicted molar refractivity (Wildman–Crippen MR) is 118 cm³/mol. The van der Waals surface area contributed by atoms with Crippen molar-refractivity contribution < 1.29 is 23.5 Å². The quantitative estimate of drug-likeness (QED) is 0.566. The Morgan fingerprint density at radius 1 is 0.935 bits per heavy atom. The lowest BCUT2D eigenvalue weighted by Gasteiger charge is -2.25. The summed E-state index contributed by atoms with van der Waals surface area (Å²) in [5, 5.41) is 5.76. The van der Waals surface area contributed by atoms with Crippen LogP contribution in [0.5, 0.6) is 11.5 Å². The van der Waals surface area contributed by atoms with Crippen LogP contribution < -0.4 is 20.1 Å². The van der Waals surface area contributed by atoms with Crippen LogP contribution in [0.25, 0.3) is 0 Å². The molecular weight excluding hydrogens is 396 g/mol. The van der Waals surface area contributed by atoms with Crippen molar-refractivity contribution in [1.29, 1.82) is 0 Å². The number of amides is 2. The number of rotatable bonds is 8. The van der Waals surface area contributed by atoms with Crippen molar-refractivity contribution >= 4 is 17.5 Å². The van der Waals surface area contributed by atoms with E-state index in [4.69, 9.17) is 13.9 Å². The van der Waals surface area contributed by atoms with Gasteiger partial charge in [0.25, 0.3) is 11.8 Å². The first-order chi connectivity index (χ1) is 14.8. The summed E-state index contributed by atoms with van der Waals surface area (Å²) in [6.07, 6.45) is 1.47. The number of methoxy groups -OCH3 is 2. The number of benzene rings is 2. The molecule has 2 aromatic carbocycles. The highest BCUT2D eigenvalue weighted by molar-refractivity contribution is 6.04. The van der Waals surface area contributed by atoms with Crippen LogP contribution in [-0.4, -0.2) is 32.6 Å². The molecule has 0 aliphatic carbocycles. The smallest absolute Gasteiger partial charge is 0.287 e. The minimum Gasteiger partial charge on any atom is -0.493 e. The molecule has 0 saturated carbocycles. The van der Waals surface area contributed by atoms with E-state index in [1.165, 1.54) is 13.4 Å². The lowest BCUT2D eigenvalue weighted by Crippen LogP contribution is -2.36. The third-order valence-corrected chi connectivity index (χ3v) is 5.01. The minimum atomic E-state index is -0.311. The first-order valence-electron chi connectivity index (χ1n) is 9.79. The Hall–Kier alpha value is -3.74. The van der Waals surface area contributed by atoms with Gasteiger partial charge in [-0.05, 0) is 48.0 Å². The minimum absolute atomic E-state index is 0.251. The van der Waals surface area contributed by atoms with Gasteiger partial charge in [-0.15, -0.1) is 0 Å². The Morgan fingerprint density at radius 2 is 1.65 bits per heavy atom. The van der Waals surface area contributed by atoms with E-state index in [-0.39, 0.29) is 23.0 Å². The average Bonchev–Trinajstić information content (AvgIpc) is 3.32. The van der Waals surface area contributed by atoms with Gasteiger partial charge in [-0.1, -0.05) is 26.0 Å². The standard InChI is InChI=1S/C24H26N2O5/c1-24(2,15-25-23(28)20-6-5-13-31-20)17-8-10-18(11-9-17)26-22(27)16-7-12-19(29-3)21(14-16)30-4/h5-14H,15H2,1-4H3,(H,25,28)(H,26,27). The lowest BCUT2D eigenvalue weighted by atomic mass is 9.84. The Bertz CT molecular complexity index is 1040. The van der Waals surface area contributed by atoms with Crippen molar-refractivity contribution in [2.24, 2.45) is 0 Å². The third-order valence-electron chi connectivity index (χ3n) is 5.01. The Labute approximate surface area is 181 Å². The molecule has 2 amide bonds. The second kappa shape index (κ2) is 9.38. The van der Waals surface area contributed by atoms with Gasteiger partial charge in [0.2, 0.25) is 0 Å². The van der Waals surface area contributed by atoms with E-state index in [9.17, 15) is 9.59 Å². The van der Waals surface area contributed by atoms with Crippen molar-refractivity contribution in [3.63, 3.8) is 0 Å². The molecule has 0 unspecified atom stereocenters. The third kappa shape index (κ3) is 5.25. The van der Waals surface area contributed by atoms with E-state index < -0.39 is 0 Å². The molecule has 0 saturated heterocycles. The van der Waals surface area contributed by atoms with Gasteiger partial charge in [-0.2, -0.15) is 0 Å². The lowest BCUT2D eigenvalue weighted by molar-refractivity contribution is 0.0917. The molecule has 3 rings (SSSR count). The average molecular weight is 422 g/mol. The molecule has 1 heterocycles. The molecule has 1 aromatic heterocycles. The topological polar surface area (TPSA) is 89.8 Å². The Balaban J connectivity index is 1.64. The molecule has 0 radical (unpaired) electrons. The molecular formula is C24H26N2O5. The largest absolute Gasteiger partial charge is 0.493 e. The number of carbonyl (C=O) groups excluding carboxylic acids is 2. The van der Waals surface area contributed by atoms with E-state index in [0.29, 0.717) is 29.3 Å². The van der Waals surface area contributed by atoms with E-state index in [0.717, 1.165) is 5.56 Å². The van der Waals surface area contributed by atoms with Crippen molar-refractivity contribution in [3.05, 3.63) is 77.7 Å². The molecule has 0 atom stereocenters. The van der Waals surface area contributed by atoms with Gasteiger partial charge < -0.3 is 24.5 Å². The molecule has 0 spiro atoms. The van der Waals surface area contributed by atoms with Gasteiger partial charge in [-0.3, -0.25) is 9.59 Å². The van der Waals surface area contributed by atoms with Crippen molar-refractivity contribution in [2.45, 2.75) is 19.3 Å². The fourth-order valence-electron chi connectivity index (χ4n) is 3.08. The van der Waals surface area contributed by atoms with Gasteiger partial charge in [-0.25, -0.2) is 0 Å². The fourth-order valence-corrected chi connectivity index (χ4v) is 3.08. The maximum absolute atomic E-state index is 12.6. The number of hydrogen-bond donors (Lipinski definition) is 2. The van der Waals surface area contributed by atoms with Crippen LogP contribution in [0.15, 0.2) is 65.3 Å². The highest BCUT2D eigenvalue weighted by atomic mass is 16.5. The predicted octanol–water partition coefficient (Wildman–Crippen LogP) is 4.26. The van der Waals surface area contributed by atoms with Crippen LogP contribution in [-0.2, 0) is 5.41 Å². The summed E-state index contributed by atoms with van der Waals surface area (Å²) in [7, 11) is 3.07. The molecule has 162 valence electrons. The van der Waals surface area contributed by atoms with Crippen LogP contribution in [0.2, 0.25) is 0 Å². The van der Waals surface area contributed by atoms with E-state index in [1.54, 1.807) is 37.4 Å². The Kier molecular flexibility index (Phi) is 6.65. The summed E-state index contributed by atoms with van der Waals surface area (Å²) in [5.74, 6) is 0.827. The maximum atomic E-state index is 12.6. The molecule has 7 nitrogen and oxygen atoms in total. The van der Waals surface area contributed by atoms with E-state index in [2.05, 4.69) is 10.6 Å². The monoisotopic (exact) mass is 422 g/mol. The van der Waals surface area contributed by atoms with Crippen LogP contribution in [0.3, 0.4) is 0 Å². The molecule has 0 fully saturated rings. The van der Waals surface area contributed by atoms with Gasteiger partial charge in [0.15, 0.2) is 17.3 Å². The molecule has 0 aliphatic rings. The number of ether oxygens (including phenoxy) is 2. The molecule has 7 heteroatoms. The van der Waals surface area contributed by atoms with Crippen LogP contribution in [0, 0.1) is 0 Å². The number of anilines is 1. The zero-order valence-corrected chi connectivity index (χ0v) is 18.0. The van der Waals surface area contributed by atoms with Crippen molar-refractivity contribution in [2.75, 3.05) is 26.1 Å². The molecule has 31 heavy (non-hydrogen) atoms. The summed E-state index contributed by atoms with van der Waals surface area (Å²) in [6.45, 7) is 4.50. The second-order valence-electron chi connectivity index (χ2n) is 7.65. The van der Waals surface area contributed by atoms with E-state index in [1.807, 2.05) is 38.1 Å². The fraction of sp³-hybridized carbons (Fsp3) is 0.250. The first kappa shape index (κ1) is 22.0. The molecule has 2 N–H and O–H groups in total. The maximum Gasteiger partial charge on any atom is 0.287 e. The summed E-state index contributed by atoms with van der Waals surface area (Å²) in [5.41, 5.74) is 1.84. The zero-order valence-electron chi connectivity index (χ0n) is 18.0. The van der Waals surface area contributed by atoms with Crippen LogP contribution >= 0.6 is 0 Å².